The van der Waals surface area contributed by atoms with Crippen molar-refractivity contribution < 1.29 is 0 Å². The predicted octanol–water partition coefficient (Wildman–Crippen LogP) is 4.94. The van der Waals surface area contributed by atoms with Crippen molar-refractivity contribution in [2.24, 2.45) is 5.92 Å². The second-order valence-electron chi connectivity index (χ2n) is 5.25. The molecule has 0 amide bonds. The fraction of sp³-hybridized carbons (Fsp3) is 0.647. The molecule has 1 nitrogen and oxygen atoms in total. The zero-order valence-corrected chi connectivity index (χ0v) is 12.3. The van der Waals surface area contributed by atoms with Crippen LogP contribution in [0.5, 0.6) is 0 Å². The molecule has 18 heavy (non-hydrogen) atoms. The van der Waals surface area contributed by atoms with Gasteiger partial charge in [-0.3, -0.25) is 0 Å². The lowest BCUT2D eigenvalue weighted by Crippen LogP contribution is -2.17. The number of benzene rings is 1. The summed E-state index contributed by atoms with van der Waals surface area (Å²) in [6, 6.07) is 11.3. The Hall–Kier alpha value is -0.820. The van der Waals surface area contributed by atoms with Crippen LogP contribution in [0.25, 0.3) is 0 Å². The lowest BCUT2D eigenvalue weighted by molar-refractivity contribution is 0.379. The molecular weight excluding hydrogens is 218 g/mol. The normalized spacial score (nSPS) is 14.4. The molecule has 1 N–H and O–H groups in total. The third-order valence-corrected chi connectivity index (χ3v) is 3.96. The van der Waals surface area contributed by atoms with Gasteiger partial charge in [0.05, 0.1) is 0 Å². The molecule has 102 valence electrons. The van der Waals surface area contributed by atoms with Gasteiger partial charge in [0.15, 0.2) is 0 Å². The first-order valence-electron chi connectivity index (χ1n) is 7.54. The van der Waals surface area contributed by atoms with E-state index in [0.717, 1.165) is 5.92 Å². The highest BCUT2D eigenvalue weighted by molar-refractivity contribution is 5.18. The van der Waals surface area contributed by atoms with Gasteiger partial charge < -0.3 is 5.32 Å². The molecule has 0 fully saturated rings. The molecule has 1 aromatic carbocycles. The standard InChI is InChI=1S/C17H29N/c1-4-6-10-15(5-2)13-14-17(18-3)16-11-8-7-9-12-16/h7-9,11-12,15,17-18H,4-6,10,13-14H2,1-3H3. The lowest BCUT2D eigenvalue weighted by atomic mass is 9.90. The van der Waals surface area contributed by atoms with Gasteiger partial charge in [-0.25, -0.2) is 0 Å². The van der Waals surface area contributed by atoms with Crippen molar-refractivity contribution in [1.29, 1.82) is 0 Å². The van der Waals surface area contributed by atoms with E-state index in [4.69, 9.17) is 0 Å². The van der Waals surface area contributed by atoms with E-state index in [1.165, 1.54) is 44.1 Å². The molecule has 0 spiro atoms. The summed E-state index contributed by atoms with van der Waals surface area (Å²) < 4.78 is 0. The summed E-state index contributed by atoms with van der Waals surface area (Å²) in [7, 11) is 2.07. The first kappa shape index (κ1) is 15.2. The molecule has 1 rings (SSSR count). The quantitative estimate of drug-likeness (QED) is 0.651. The Morgan fingerprint density at radius 1 is 1.00 bits per heavy atom. The summed E-state index contributed by atoms with van der Waals surface area (Å²) in [6.07, 6.45) is 8.03. The van der Waals surface area contributed by atoms with E-state index in [1.54, 1.807) is 0 Å². The molecule has 0 aliphatic carbocycles. The van der Waals surface area contributed by atoms with Gasteiger partial charge in [0.25, 0.3) is 0 Å². The molecule has 0 aromatic heterocycles. The van der Waals surface area contributed by atoms with Crippen LogP contribution in [0.3, 0.4) is 0 Å². The monoisotopic (exact) mass is 247 g/mol. The van der Waals surface area contributed by atoms with Gasteiger partial charge in [-0.15, -0.1) is 0 Å². The van der Waals surface area contributed by atoms with Crippen LogP contribution in [0.1, 0.15) is 64.0 Å². The Labute approximate surface area is 113 Å². The van der Waals surface area contributed by atoms with E-state index in [-0.39, 0.29) is 0 Å². The Balaban J connectivity index is 2.43. The van der Waals surface area contributed by atoms with Crippen LogP contribution in [0.4, 0.5) is 0 Å². The first-order chi connectivity index (χ1) is 8.81. The molecule has 0 saturated heterocycles. The Morgan fingerprint density at radius 2 is 1.72 bits per heavy atom. The molecule has 2 unspecified atom stereocenters. The first-order valence-corrected chi connectivity index (χ1v) is 7.54. The topological polar surface area (TPSA) is 12.0 Å². The average molecular weight is 247 g/mol. The Kier molecular flexibility index (Phi) is 7.75. The van der Waals surface area contributed by atoms with Crippen LogP contribution < -0.4 is 5.32 Å². The van der Waals surface area contributed by atoms with E-state index in [9.17, 15) is 0 Å². The Morgan fingerprint density at radius 3 is 2.28 bits per heavy atom. The van der Waals surface area contributed by atoms with E-state index >= 15 is 0 Å². The van der Waals surface area contributed by atoms with Gasteiger partial charge in [-0.05, 0) is 31.4 Å². The summed E-state index contributed by atoms with van der Waals surface area (Å²) in [5.41, 5.74) is 1.42. The van der Waals surface area contributed by atoms with Crippen LogP contribution >= 0.6 is 0 Å². The van der Waals surface area contributed by atoms with Crippen molar-refractivity contribution in [3.63, 3.8) is 0 Å². The summed E-state index contributed by atoms with van der Waals surface area (Å²) in [4.78, 5) is 0. The van der Waals surface area contributed by atoms with Gasteiger partial charge in [0.1, 0.15) is 0 Å². The second kappa shape index (κ2) is 9.16. The van der Waals surface area contributed by atoms with Crippen LogP contribution in [0.15, 0.2) is 30.3 Å². The van der Waals surface area contributed by atoms with Gasteiger partial charge in [0.2, 0.25) is 0 Å². The molecule has 0 aliphatic rings. The number of hydrogen-bond acceptors (Lipinski definition) is 1. The maximum absolute atomic E-state index is 3.45. The van der Waals surface area contributed by atoms with Crippen molar-refractivity contribution in [3.05, 3.63) is 35.9 Å². The minimum Gasteiger partial charge on any atom is -0.313 e. The van der Waals surface area contributed by atoms with Gasteiger partial charge in [-0.1, -0.05) is 69.9 Å². The van der Waals surface area contributed by atoms with E-state index in [0.29, 0.717) is 6.04 Å². The number of rotatable bonds is 9. The summed E-state index contributed by atoms with van der Waals surface area (Å²) >= 11 is 0. The second-order valence-corrected chi connectivity index (χ2v) is 5.25. The van der Waals surface area contributed by atoms with Crippen molar-refractivity contribution in [1.82, 2.24) is 5.32 Å². The molecule has 0 bridgehead atoms. The van der Waals surface area contributed by atoms with Crippen LogP contribution in [0.2, 0.25) is 0 Å². The molecule has 1 heteroatoms. The molecule has 1 aromatic rings. The molecule has 0 saturated carbocycles. The SMILES string of the molecule is CCCCC(CC)CCC(NC)c1ccccc1. The average Bonchev–Trinajstić information content (AvgIpc) is 2.44. The zero-order chi connectivity index (χ0) is 13.2. The largest absolute Gasteiger partial charge is 0.313 e. The minimum absolute atomic E-state index is 0.516. The van der Waals surface area contributed by atoms with E-state index in [2.05, 4.69) is 56.5 Å². The smallest absolute Gasteiger partial charge is 0.0317 e. The van der Waals surface area contributed by atoms with Gasteiger partial charge in [0, 0.05) is 6.04 Å². The minimum atomic E-state index is 0.516. The zero-order valence-electron chi connectivity index (χ0n) is 12.3. The van der Waals surface area contributed by atoms with Gasteiger partial charge in [-0.2, -0.15) is 0 Å². The third-order valence-electron chi connectivity index (χ3n) is 3.96. The molecule has 0 radical (unpaired) electrons. The van der Waals surface area contributed by atoms with E-state index in [1.807, 2.05) is 0 Å². The highest BCUT2D eigenvalue weighted by atomic mass is 14.9. The van der Waals surface area contributed by atoms with Crippen molar-refractivity contribution in [2.75, 3.05) is 7.05 Å². The van der Waals surface area contributed by atoms with Gasteiger partial charge >= 0.3 is 0 Å². The molecule has 2 atom stereocenters. The highest BCUT2D eigenvalue weighted by Gasteiger charge is 2.12. The Bertz CT molecular complexity index is 294. The number of nitrogens with one attached hydrogen (secondary N) is 1. The van der Waals surface area contributed by atoms with Crippen LogP contribution in [-0.4, -0.2) is 7.05 Å². The molecule has 0 aliphatic heterocycles. The number of unbranched alkanes of at least 4 members (excludes halogenated alkanes) is 1. The fourth-order valence-corrected chi connectivity index (χ4v) is 2.61. The lowest BCUT2D eigenvalue weighted by Gasteiger charge is -2.20. The van der Waals surface area contributed by atoms with Crippen molar-refractivity contribution in [3.8, 4) is 0 Å². The number of hydrogen-bond donors (Lipinski definition) is 1. The molecular formula is C17H29N. The molecule has 0 heterocycles. The highest BCUT2D eigenvalue weighted by Crippen LogP contribution is 2.24. The summed E-state index contributed by atoms with van der Waals surface area (Å²) in [5, 5.41) is 3.45. The maximum Gasteiger partial charge on any atom is 0.0317 e. The predicted molar refractivity (Wildman–Crippen MR) is 80.8 cm³/mol. The van der Waals surface area contributed by atoms with Crippen molar-refractivity contribution >= 4 is 0 Å². The van der Waals surface area contributed by atoms with Crippen LogP contribution in [0, 0.1) is 5.92 Å². The summed E-state index contributed by atoms with van der Waals surface area (Å²) in [6.45, 7) is 4.62. The fourth-order valence-electron chi connectivity index (χ4n) is 2.61. The van der Waals surface area contributed by atoms with Crippen molar-refractivity contribution in [2.45, 2.75) is 58.4 Å². The van der Waals surface area contributed by atoms with E-state index < -0.39 is 0 Å². The summed E-state index contributed by atoms with van der Waals surface area (Å²) in [5.74, 6) is 0.907. The third kappa shape index (κ3) is 5.22. The van der Waals surface area contributed by atoms with Crippen LogP contribution in [-0.2, 0) is 0 Å². The maximum atomic E-state index is 3.45.